The third-order valence-electron chi connectivity index (χ3n) is 3.39. The zero-order valence-corrected chi connectivity index (χ0v) is 13.3. The van der Waals surface area contributed by atoms with E-state index in [0.717, 1.165) is 35.0 Å². The lowest BCUT2D eigenvalue weighted by Gasteiger charge is -2.16. The van der Waals surface area contributed by atoms with E-state index in [-0.39, 0.29) is 12.1 Å². The van der Waals surface area contributed by atoms with E-state index in [9.17, 15) is 0 Å². The smallest absolute Gasteiger partial charge is 0.147 e. The van der Waals surface area contributed by atoms with E-state index in [2.05, 4.69) is 16.3 Å². The number of para-hydroxylation sites is 1. The molecule has 2 atom stereocenters. The second-order valence-electron chi connectivity index (χ2n) is 5.02. The molecule has 0 bridgehead atoms. The van der Waals surface area contributed by atoms with E-state index < -0.39 is 0 Å². The van der Waals surface area contributed by atoms with Gasteiger partial charge in [-0.15, -0.1) is 0 Å². The molecule has 4 N–H and O–H groups in total. The van der Waals surface area contributed by atoms with Crippen molar-refractivity contribution < 1.29 is 4.74 Å². The Bertz CT molecular complexity index is 572. The number of aromatic nitrogens is 2. The Kier molecular flexibility index (Phi) is 5.67. The van der Waals surface area contributed by atoms with E-state index >= 15 is 0 Å². The molecule has 2 aromatic rings. The molecule has 2 unspecified atom stereocenters. The fourth-order valence-corrected chi connectivity index (χ4v) is 2.94. The fraction of sp³-hybridized carbons (Fsp3) is 0.467. The summed E-state index contributed by atoms with van der Waals surface area (Å²) in [6.45, 7) is 2.10. The number of nitrogens with two attached hydrogens (primary N) is 2. The molecule has 0 radical (unpaired) electrons. The normalized spacial score (nSPS) is 13.9. The largest absolute Gasteiger partial charge is 0.496 e. The van der Waals surface area contributed by atoms with Crippen LogP contribution in [-0.4, -0.2) is 22.5 Å². The number of nitrogens with zero attached hydrogens (tertiary/aromatic N) is 2. The highest BCUT2D eigenvalue weighted by atomic mass is 32.1. The second kappa shape index (κ2) is 7.49. The molecule has 2 rings (SSSR count). The maximum atomic E-state index is 6.15. The molecule has 1 aromatic carbocycles. The maximum absolute atomic E-state index is 6.15. The van der Waals surface area contributed by atoms with Crippen LogP contribution in [-0.2, 0) is 6.42 Å². The fourth-order valence-electron chi connectivity index (χ4n) is 2.19. The lowest BCUT2D eigenvalue weighted by Crippen LogP contribution is -2.33. The third kappa shape index (κ3) is 4.00. The van der Waals surface area contributed by atoms with Crippen molar-refractivity contribution in [2.24, 2.45) is 11.5 Å². The van der Waals surface area contributed by atoms with Crippen LogP contribution in [0.15, 0.2) is 24.3 Å². The van der Waals surface area contributed by atoms with Gasteiger partial charge in [0, 0.05) is 18.0 Å². The van der Waals surface area contributed by atoms with Gasteiger partial charge in [0.25, 0.3) is 0 Å². The lowest BCUT2D eigenvalue weighted by molar-refractivity contribution is 0.410. The van der Waals surface area contributed by atoms with E-state index in [1.54, 1.807) is 7.11 Å². The highest BCUT2D eigenvalue weighted by molar-refractivity contribution is 7.05. The number of hydrogen-bond acceptors (Lipinski definition) is 6. The van der Waals surface area contributed by atoms with Crippen LogP contribution in [0.5, 0.6) is 5.75 Å². The summed E-state index contributed by atoms with van der Waals surface area (Å²) in [6, 6.07) is 7.57. The first-order valence-corrected chi connectivity index (χ1v) is 7.88. The van der Waals surface area contributed by atoms with Gasteiger partial charge < -0.3 is 16.2 Å². The second-order valence-corrected chi connectivity index (χ2v) is 5.80. The van der Waals surface area contributed by atoms with Gasteiger partial charge in [0.1, 0.15) is 16.6 Å². The van der Waals surface area contributed by atoms with Gasteiger partial charge in [-0.05, 0) is 24.0 Å². The van der Waals surface area contributed by atoms with Crippen LogP contribution in [0.1, 0.15) is 42.2 Å². The Morgan fingerprint density at radius 3 is 2.76 bits per heavy atom. The summed E-state index contributed by atoms with van der Waals surface area (Å²) in [5.41, 5.74) is 13.3. The van der Waals surface area contributed by atoms with E-state index in [1.165, 1.54) is 11.5 Å². The molecule has 0 aliphatic carbocycles. The first kappa shape index (κ1) is 15.9. The van der Waals surface area contributed by atoms with Crippen LogP contribution in [0.25, 0.3) is 0 Å². The summed E-state index contributed by atoms with van der Waals surface area (Å²) in [7, 11) is 1.67. The van der Waals surface area contributed by atoms with Crippen molar-refractivity contribution in [2.75, 3.05) is 7.11 Å². The van der Waals surface area contributed by atoms with Gasteiger partial charge in [-0.25, -0.2) is 4.98 Å². The van der Waals surface area contributed by atoms with Crippen LogP contribution in [0.3, 0.4) is 0 Å². The molecule has 0 spiro atoms. The maximum Gasteiger partial charge on any atom is 0.147 e. The van der Waals surface area contributed by atoms with Crippen LogP contribution >= 0.6 is 11.5 Å². The molecule has 0 aliphatic heterocycles. The lowest BCUT2D eigenvalue weighted by atomic mass is 10.1. The molecular formula is C15H22N4OS. The summed E-state index contributed by atoms with van der Waals surface area (Å²) in [5, 5.41) is 0.806. The molecule has 114 valence electrons. The monoisotopic (exact) mass is 306 g/mol. The van der Waals surface area contributed by atoms with Gasteiger partial charge in [0.2, 0.25) is 0 Å². The Hall–Kier alpha value is -1.50. The molecule has 0 saturated carbocycles. The molecule has 1 heterocycles. The number of ether oxygens (including phenoxy) is 1. The molecule has 21 heavy (non-hydrogen) atoms. The average molecular weight is 306 g/mol. The standard InChI is InChI=1S/C15H22N4OS/c1-3-6-11(16)14(17)15-18-13(19-21-15)9-10-7-4-5-8-12(10)20-2/h4-5,7-8,11,14H,3,6,9,16-17H2,1-2H3. The van der Waals surface area contributed by atoms with Crippen molar-refractivity contribution >= 4 is 11.5 Å². The predicted molar refractivity (Wildman–Crippen MR) is 85.5 cm³/mol. The van der Waals surface area contributed by atoms with Crippen LogP contribution < -0.4 is 16.2 Å². The molecule has 1 aromatic heterocycles. The van der Waals surface area contributed by atoms with Gasteiger partial charge in [0.05, 0.1) is 13.2 Å². The highest BCUT2D eigenvalue weighted by Gasteiger charge is 2.19. The number of rotatable bonds is 7. The Morgan fingerprint density at radius 2 is 2.05 bits per heavy atom. The first-order chi connectivity index (χ1) is 10.2. The Labute approximate surface area is 129 Å². The van der Waals surface area contributed by atoms with Crippen molar-refractivity contribution in [2.45, 2.75) is 38.3 Å². The molecular weight excluding hydrogens is 284 g/mol. The first-order valence-electron chi connectivity index (χ1n) is 7.11. The van der Waals surface area contributed by atoms with Crippen molar-refractivity contribution in [3.05, 3.63) is 40.7 Å². The van der Waals surface area contributed by atoms with Crippen LogP contribution in [0.2, 0.25) is 0 Å². The number of benzene rings is 1. The molecule has 0 saturated heterocycles. The summed E-state index contributed by atoms with van der Waals surface area (Å²) in [6.07, 6.45) is 2.54. The Morgan fingerprint density at radius 1 is 1.29 bits per heavy atom. The van der Waals surface area contributed by atoms with Crippen molar-refractivity contribution in [1.29, 1.82) is 0 Å². The molecule has 0 amide bonds. The van der Waals surface area contributed by atoms with E-state index in [1.807, 2.05) is 24.3 Å². The minimum atomic E-state index is -0.242. The third-order valence-corrected chi connectivity index (χ3v) is 4.25. The van der Waals surface area contributed by atoms with E-state index in [0.29, 0.717) is 6.42 Å². The van der Waals surface area contributed by atoms with Gasteiger partial charge >= 0.3 is 0 Å². The summed E-state index contributed by atoms with van der Waals surface area (Å²) >= 11 is 1.34. The summed E-state index contributed by atoms with van der Waals surface area (Å²) in [4.78, 5) is 4.53. The summed E-state index contributed by atoms with van der Waals surface area (Å²) < 4.78 is 9.74. The quantitative estimate of drug-likeness (QED) is 0.819. The van der Waals surface area contributed by atoms with Crippen LogP contribution in [0, 0.1) is 0 Å². The van der Waals surface area contributed by atoms with Crippen molar-refractivity contribution in [3.8, 4) is 5.75 Å². The van der Waals surface area contributed by atoms with E-state index in [4.69, 9.17) is 16.2 Å². The summed E-state index contributed by atoms with van der Waals surface area (Å²) in [5.74, 6) is 1.61. The molecule has 0 aliphatic rings. The minimum absolute atomic E-state index is 0.0675. The molecule has 0 fully saturated rings. The van der Waals surface area contributed by atoms with Crippen molar-refractivity contribution in [1.82, 2.24) is 9.36 Å². The zero-order valence-electron chi connectivity index (χ0n) is 12.5. The van der Waals surface area contributed by atoms with Gasteiger partial charge in [-0.3, -0.25) is 0 Å². The number of methoxy groups -OCH3 is 1. The average Bonchev–Trinajstić information content (AvgIpc) is 2.95. The Balaban J connectivity index is 2.09. The van der Waals surface area contributed by atoms with Gasteiger partial charge in [-0.2, -0.15) is 4.37 Å². The molecule has 5 nitrogen and oxygen atoms in total. The number of hydrogen-bond donors (Lipinski definition) is 2. The highest BCUT2D eigenvalue weighted by Crippen LogP contribution is 2.23. The topological polar surface area (TPSA) is 87.1 Å². The predicted octanol–water partition coefficient (Wildman–Crippen LogP) is 2.26. The van der Waals surface area contributed by atoms with Gasteiger partial charge in [-0.1, -0.05) is 31.5 Å². The minimum Gasteiger partial charge on any atom is -0.496 e. The molecule has 6 heteroatoms. The van der Waals surface area contributed by atoms with Gasteiger partial charge in [0.15, 0.2) is 0 Å². The van der Waals surface area contributed by atoms with Crippen LogP contribution in [0.4, 0.5) is 0 Å². The zero-order chi connectivity index (χ0) is 15.2. The SMILES string of the molecule is CCCC(N)C(N)c1nc(Cc2ccccc2OC)ns1. The van der Waals surface area contributed by atoms with Crippen molar-refractivity contribution in [3.63, 3.8) is 0 Å².